The Morgan fingerprint density at radius 2 is 1.40 bits per heavy atom. The maximum atomic E-state index is 14.0. The van der Waals surface area contributed by atoms with E-state index in [1.807, 2.05) is 133 Å². The molecule has 6 aromatic carbocycles. The van der Waals surface area contributed by atoms with E-state index in [0.29, 0.717) is 44.6 Å². The summed E-state index contributed by atoms with van der Waals surface area (Å²) in [4.78, 5) is 42.0. The summed E-state index contributed by atoms with van der Waals surface area (Å²) < 4.78 is 5.93. The third-order valence-electron chi connectivity index (χ3n) is 8.88. The lowest BCUT2D eigenvalue weighted by Gasteiger charge is -2.17. The van der Waals surface area contributed by atoms with Crippen molar-refractivity contribution in [3.63, 3.8) is 0 Å². The van der Waals surface area contributed by atoms with E-state index in [1.54, 1.807) is 48.5 Å². The highest BCUT2D eigenvalue weighted by Gasteiger charge is 2.25. The van der Waals surface area contributed by atoms with Crippen LogP contribution in [0.4, 0.5) is 10.7 Å². The van der Waals surface area contributed by atoms with Gasteiger partial charge < -0.3 is 20.7 Å². The van der Waals surface area contributed by atoms with Gasteiger partial charge in [0.1, 0.15) is 34.4 Å². The van der Waals surface area contributed by atoms with Crippen molar-refractivity contribution < 1.29 is 19.1 Å². The Morgan fingerprint density at radius 1 is 0.741 bits per heavy atom. The van der Waals surface area contributed by atoms with Crippen molar-refractivity contribution in [1.82, 2.24) is 5.32 Å². The van der Waals surface area contributed by atoms with Crippen LogP contribution in [0.3, 0.4) is 0 Å². The Balaban J connectivity index is 1.10. The lowest BCUT2D eigenvalue weighted by Crippen LogP contribution is -2.30. The van der Waals surface area contributed by atoms with Gasteiger partial charge in [-0.05, 0) is 70.8 Å². The predicted octanol–water partition coefficient (Wildman–Crippen LogP) is 10.7. The van der Waals surface area contributed by atoms with E-state index in [0.717, 1.165) is 22.3 Å². The standard InChI is InChI=1S/C48H36N4O4S2/c49-30-41-42(35-16-7-2-8-17-35)32-57-48(41)52-47(55)44(36-18-9-3-10-19-36)58-40-23-13-22-38(29-40)50-46(54)43(51-45(53)37-20-11-4-12-21-37)28-33-24-26-39(27-25-33)56-31-34-14-5-1-6-15-34/h1-29,32,44H,31H2,(H,50,54)(H,51,53)(H,52,55)/b43-28+. The summed E-state index contributed by atoms with van der Waals surface area (Å²) in [6.07, 6.45) is 1.61. The molecule has 3 N–H and O–H groups in total. The van der Waals surface area contributed by atoms with E-state index in [9.17, 15) is 19.6 Å². The molecule has 0 aliphatic heterocycles. The van der Waals surface area contributed by atoms with Crippen molar-refractivity contribution >= 4 is 57.6 Å². The highest BCUT2D eigenvalue weighted by Crippen LogP contribution is 2.40. The van der Waals surface area contributed by atoms with Gasteiger partial charge in [-0.2, -0.15) is 5.26 Å². The van der Waals surface area contributed by atoms with Gasteiger partial charge in [-0.3, -0.25) is 14.4 Å². The summed E-state index contributed by atoms with van der Waals surface area (Å²) >= 11 is 2.62. The normalized spacial score (nSPS) is 11.5. The van der Waals surface area contributed by atoms with Crippen LogP contribution in [0.15, 0.2) is 186 Å². The zero-order valence-corrected chi connectivity index (χ0v) is 32.6. The van der Waals surface area contributed by atoms with Gasteiger partial charge in [-0.1, -0.05) is 127 Å². The molecule has 284 valence electrons. The second-order valence-electron chi connectivity index (χ2n) is 12.9. The van der Waals surface area contributed by atoms with Gasteiger partial charge in [0, 0.05) is 27.1 Å². The van der Waals surface area contributed by atoms with E-state index >= 15 is 0 Å². The van der Waals surface area contributed by atoms with Gasteiger partial charge in [0.15, 0.2) is 0 Å². The maximum Gasteiger partial charge on any atom is 0.272 e. The molecule has 0 radical (unpaired) electrons. The molecule has 0 spiro atoms. The molecule has 1 atom stereocenters. The molecular weight excluding hydrogens is 761 g/mol. The second kappa shape index (κ2) is 19.1. The number of ether oxygens (including phenoxy) is 1. The number of rotatable bonds is 14. The van der Waals surface area contributed by atoms with Crippen LogP contribution >= 0.6 is 23.1 Å². The molecule has 1 heterocycles. The minimum Gasteiger partial charge on any atom is -0.489 e. The largest absolute Gasteiger partial charge is 0.489 e. The van der Waals surface area contributed by atoms with Crippen LogP contribution < -0.4 is 20.7 Å². The van der Waals surface area contributed by atoms with Crippen LogP contribution in [-0.4, -0.2) is 17.7 Å². The Kier molecular flexibility index (Phi) is 12.9. The number of nitrogens with one attached hydrogen (secondary N) is 3. The van der Waals surface area contributed by atoms with Crippen LogP contribution in [0.2, 0.25) is 0 Å². The molecule has 0 saturated heterocycles. The van der Waals surface area contributed by atoms with Crippen LogP contribution in [0.1, 0.15) is 37.9 Å². The molecular formula is C48H36N4O4S2. The number of nitrogens with zero attached hydrogens (tertiary/aromatic N) is 1. The Hall–Kier alpha value is -7.19. The van der Waals surface area contributed by atoms with Gasteiger partial charge >= 0.3 is 0 Å². The Morgan fingerprint density at radius 3 is 2.09 bits per heavy atom. The van der Waals surface area contributed by atoms with Crippen molar-refractivity contribution in [3.8, 4) is 22.9 Å². The van der Waals surface area contributed by atoms with Crippen LogP contribution in [-0.2, 0) is 16.2 Å². The predicted molar refractivity (Wildman–Crippen MR) is 232 cm³/mol. The van der Waals surface area contributed by atoms with Crippen molar-refractivity contribution in [3.05, 3.63) is 209 Å². The molecule has 0 saturated carbocycles. The smallest absolute Gasteiger partial charge is 0.272 e. The highest BCUT2D eigenvalue weighted by molar-refractivity contribution is 8.00. The second-order valence-corrected chi connectivity index (χ2v) is 15.0. The zero-order valence-electron chi connectivity index (χ0n) is 31.0. The molecule has 7 aromatic rings. The van der Waals surface area contributed by atoms with Crippen LogP contribution in [0.5, 0.6) is 5.75 Å². The van der Waals surface area contributed by atoms with Gasteiger partial charge in [0.05, 0.1) is 5.56 Å². The number of carbonyl (C=O) groups is 3. The molecule has 1 unspecified atom stereocenters. The number of thiophene rings is 1. The fourth-order valence-electron chi connectivity index (χ4n) is 5.96. The average Bonchev–Trinajstić information content (AvgIpc) is 3.68. The summed E-state index contributed by atoms with van der Waals surface area (Å²) in [5.74, 6) is -0.611. The van der Waals surface area contributed by atoms with Crippen molar-refractivity contribution in [2.75, 3.05) is 10.6 Å². The molecule has 0 fully saturated rings. The van der Waals surface area contributed by atoms with Gasteiger partial charge in [0.25, 0.3) is 11.8 Å². The van der Waals surface area contributed by atoms with E-state index in [4.69, 9.17) is 4.74 Å². The maximum absolute atomic E-state index is 14.0. The number of carbonyl (C=O) groups excluding carboxylic acids is 3. The molecule has 0 aliphatic rings. The van der Waals surface area contributed by atoms with Crippen molar-refractivity contribution in [2.24, 2.45) is 0 Å². The van der Waals surface area contributed by atoms with Gasteiger partial charge in [-0.25, -0.2) is 0 Å². The van der Waals surface area contributed by atoms with Crippen LogP contribution in [0, 0.1) is 11.3 Å². The number of thioether (sulfide) groups is 1. The average molecular weight is 797 g/mol. The fraction of sp³-hybridized carbons (Fsp3) is 0.0417. The number of amides is 3. The van der Waals surface area contributed by atoms with E-state index < -0.39 is 17.1 Å². The zero-order chi connectivity index (χ0) is 40.1. The Labute approximate surface area is 344 Å². The third-order valence-corrected chi connectivity index (χ3v) is 11.0. The minimum atomic E-state index is -0.693. The summed E-state index contributed by atoms with van der Waals surface area (Å²) in [7, 11) is 0. The van der Waals surface area contributed by atoms with Crippen molar-refractivity contribution in [2.45, 2.75) is 16.8 Å². The highest BCUT2D eigenvalue weighted by atomic mass is 32.2. The number of nitriles is 1. The summed E-state index contributed by atoms with van der Waals surface area (Å²) in [6.45, 7) is 0.414. The molecule has 1 aromatic heterocycles. The first-order valence-electron chi connectivity index (χ1n) is 18.3. The summed E-state index contributed by atoms with van der Waals surface area (Å²) in [5.41, 5.74) is 5.43. The SMILES string of the molecule is N#Cc1c(-c2ccccc2)csc1NC(=O)C(Sc1cccc(NC(=O)/C(=C\c2ccc(OCc3ccccc3)cc2)NC(=O)c2ccccc2)c1)c1ccccc1. The first-order chi connectivity index (χ1) is 28.4. The van der Waals surface area contributed by atoms with E-state index in [-0.39, 0.29) is 11.6 Å². The first kappa shape index (κ1) is 39.1. The lowest BCUT2D eigenvalue weighted by atomic mass is 10.1. The minimum absolute atomic E-state index is 0.0329. The van der Waals surface area contributed by atoms with E-state index in [2.05, 4.69) is 22.0 Å². The van der Waals surface area contributed by atoms with Gasteiger partial charge in [0.2, 0.25) is 5.91 Å². The quantitative estimate of drug-likeness (QED) is 0.0744. The molecule has 0 aliphatic carbocycles. The van der Waals surface area contributed by atoms with E-state index in [1.165, 1.54) is 23.1 Å². The molecule has 8 nitrogen and oxygen atoms in total. The summed E-state index contributed by atoms with van der Waals surface area (Å²) in [5, 5.41) is 20.5. The topological polar surface area (TPSA) is 120 Å². The molecule has 0 bridgehead atoms. The molecule has 58 heavy (non-hydrogen) atoms. The molecule has 10 heteroatoms. The Bertz CT molecular complexity index is 2570. The van der Waals surface area contributed by atoms with Crippen molar-refractivity contribution in [1.29, 1.82) is 5.26 Å². The third kappa shape index (κ3) is 10.2. The number of hydrogen-bond acceptors (Lipinski definition) is 7. The first-order valence-corrected chi connectivity index (χ1v) is 20.1. The number of anilines is 2. The van der Waals surface area contributed by atoms with Gasteiger partial charge in [-0.15, -0.1) is 23.1 Å². The monoisotopic (exact) mass is 796 g/mol. The summed E-state index contributed by atoms with van der Waals surface area (Å²) in [6, 6.07) is 54.2. The fourth-order valence-corrected chi connectivity index (χ4v) is 7.97. The molecule has 3 amide bonds. The number of hydrogen-bond donors (Lipinski definition) is 3. The molecule has 7 rings (SSSR count). The lowest BCUT2D eigenvalue weighted by molar-refractivity contribution is -0.116. The number of benzene rings is 6. The van der Waals surface area contributed by atoms with Crippen LogP contribution in [0.25, 0.3) is 17.2 Å².